The van der Waals surface area contributed by atoms with Gasteiger partial charge in [-0.15, -0.1) is 0 Å². The van der Waals surface area contributed by atoms with Gasteiger partial charge in [-0.3, -0.25) is 14.9 Å². The number of nitro groups is 1. The standard InChI is InChI=1S/C8H6BrClN2O3/c9-6-2-1-5(3-7(6)10)11-8(13)4-12(14)15/h1-3H,4H2,(H,11,13). The summed E-state index contributed by atoms with van der Waals surface area (Å²) in [6, 6.07) is 4.74. The molecule has 0 saturated heterocycles. The van der Waals surface area contributed by atoms with Gasteiger partial charge in [0.05, 0.1) is 5.02 Å². The van der Waals surface area contributed by atoms with Crippen LogP contribution in [0.15, 0.2) is 22.7 Å². The van der Waals surface area contributed by atoms with Gasteiger partial charge in [-0.1, -0.05) is 11.6 Å². The summed E-state index contributed by atoms with van der Waals surface area (Å²) in [6.07, 6.45) is 0. The van der Waals surface area contributed by atoms with Crippen LogP contribution in [0.2, 0.25) is 5.02 Å². The summed E-state index contributed by atoms with van der Waals surface area (Å²) in [6.45, 7) is -0.756. The second kappa shape index (κ2) is 5.09. The summed E-state index contributed by atoms with van der Waals surface area (Å²) < 4.78 is 0.691. The van der Waals surface area contributed by atoms with Gasteiger partial charge in [0.2, 0.25) is 0 Å². The van der Waals surface area contributed by atoms with Crippen LogP contribution in [-0.4, -0.2) is 17.4 Å². The van der Waals surface area contributed by atoms with E-state index in [9.17, 15) is 14.9 Å². The summed E-state index contributed by atoms with van der Waals surface area (Å²) in [5.74, 6) is -0.682. The molecule has 0 radical (unpaired) electrons. The molecule has 1 N–H and O–H groups in total. The number of carbonyl (C=O) groups excluding carboxylic acids is 1. The molecule has 0 spiro atoms. The van der Waals surface area contributed by atoms with E-state index in [1.165, 1.54) is 6.07 Å². The van der Waals surface area contributed by atoms with Gasteiger partial charge in [0, 0.05) is 15.1 Å². The molecule has 0 aliphatic rings. The third kappa shape index (κ3) is 3.85. The van der Waals surface area contributed by atoms with Crippen LogP contribution in [0.4, 0.5) is 5.69 Å². The van der Waals surface area contributed by atoms with Crippen LogP contribution < -0.4 is 5.32 Å². The number of anilines is 1. The lowest BCUT2D eigenvalue weighted by molar-refractivity contribution is -0.467. The highest BCUT2D eigenvalue weighted by Crippen LogP contribution is 2.25. The number of nitrogens with zero attached hydrogens (tertiary/aromatic N) is 1. The average Bonchev–Trinajstić information content (AvgIpc) is 2.10. The fraction of sp³-hybridized carbons (Fsp3) is 0.125. The molecule has 1 aromatic rings. The van der Waals surface area contributed by atoms with E-state index in [4.69, 9.17) is 11.6 Å². The third-order valence-corrected chi connectivity index (χ3v) is 2.71. The van der Waals surface area contributed by atoms with Crippen molar-refractivity contribution in [2.45, 2.75) is 0 Å². The maximum Gasteiger partial charge on any atom is 0.296 e. The zero-order chi connectivity index (χ0) is 11.4. The number of nitrogens with one attached hydrogen (secondary N) is 1. The van der Waals surface area contributed by atoms with Gasteiger partial charge in [0.25, 0.3) is 12.5 Å². The van der Waals surface area contributed by atoms with Crippen LogP contribution in [0.3, 0.4) is 0 Å². The molecule has 0 aliphatic heterocycles. The van der Waals surface area contributed by atoms with E-state index >= 15 is 0 Å². The fourth-order valence-electron chi connectivity index (χ4n) is 0.892. The van der Waals surface area contributed by atoms with Crippen molar-refractivity contribution in [1.29, 1.82) is 0 Å². The molecule has 0 aromatic heterocycles. The quantitative estimate of drug-likeness (QED) is 0.686. The number of rotatable bonds is 3. The lowest BCUT2D eigenvalue weighted by Crippen LogP contribution is -2.21. The zero-order valence-corrected chi connectivity index (χ0v) is 9.71. The molecular weight excluding hydrogens is 287 g/mol. The number of amides is 1. The molecule has 1 aromatic carbocycles. The molecule has 0 unspecified atom stereocenters. The number of benzene rings is 1. The van der Waals surface area contributed by atoms with E-state index in [0.717, 1.165) is 0 Å². The summed E-state index contributed by atoms with van der Waals surface area (Å²) in [5, 5.41) is 12.8. The number of hydrogen-bond donors (Lipinski definition) is 1. The monoisotopic (exact) mass is 292 g/mol. The Kier molecular flexibility index (Phi) is 4.05. The van der Waals surface area contributed by atoms with Crippen LogP contribution >= 0.6 is 27.5 Å². The van der Waals surface area contributed by atoms with E-state index in [1.54, 1.807) is 12.1 Å². The van der Waals surface area contributed by atoms with Crippen molar-refractivity contribution < 1.29 is 9.72 Å². The number of halogens is 2. The molecule has 0 aliphatic carbocycles. The zero-order valence-electron chi connectivity index (χ0n) is 7.37. The second-order valence-electron chi connectivity index (χ2n) is 2.67. The molecule has 0 fully saturated rings. The minimum Gasteiger partial charge on any atom is -0.320 e. The Labute approximate surface area is 98.7 Å². The maximum atomic E-state index is 11.0. The Morgan fingerprint density at radius 1 is 1.60 bits per heavy atom. The number of hydrogen-bond acceptors (Lipinski definition) is 3. The van der Waals surface area contributed by atoms with Gasteiger partial charge < -0.3 is 5.32 Å². The first-order valence-corrected chi connectivity index (χ1v) is 5.03. The summed E-state index contributed by atoms with van der Waals surface area (Å²) >= 11 is 8.95. The van der Waals surface area contributed by atoms with Crippen molar-refractivity contribution in [3.8, 4) is 0 Å². The molecular formula is C8H6BrClN2O3. The molecule has 0 heterocycles. The van der Waals surface area contributed by atoms with E-state index < -0.39 is 17.4 Å². The van der Waals surface area contributed by atoms with Crippen LogP contribution in [0.25, 0.3) is 0 Å². The fourth-order valence-corrected chi connectivity index (χ4v) is 1.32. The third-order valence-electron chi connectivity index (χ3n) is 1.48. The van der Waals surface area contributed by atoms with Crippen LogP contribution in [0.1, 0.15) is 0 Å². The highest BCUT2D eigenvalue weighted by Gasteiger charge is 2.09. The van der Waals surface area contributed by atoms with E-state index in [1.807, 2.05) is 0 Å². The van der Waals surface area contributed by atoms with Crippen LogP contribution in [-0.2, 0) is 4.79 Å². The SMILES string of the molecule is O=C(C[N+](=O)[O-])Nc1ccc(Br)c(Cl)c1. The molecule has 80 valence electrons. The molecule has 0 bridgehead atoms. The Bertz CT molecular complexity index is 411. The second-order valence-corrected chi connectivity index (χ2v) is 3.93. The van der Waals surface area contributed by atoms with Crippen LogP contribution in [0, 0.1) is 10.1 Å². The first-order valence-electron chi connectivity index (χ1n) is 3.86. The van der Waals surface area contributed by atoms with Crippen molar-refractivity contribution in [3.63, 3.8) is 0 Å². The first kappa shape index (κ1) is 11.9. The molecule has 1 amide bonds. The molecule has 1 rings (SSSR count). The summed E-state index contributed by atoms with van der Waals surface area (Å²) in [4.78, 5) is 20.3. The van der Waals surface area contributed by atoms with Crippen molar-refractivity contribution in [3.05, 3.63) is 37.8 Å². The lowest BCUT2D eigenvalue weighted by atomic mass is 10.3. The van der Waals surface area contributed by atoms with Gasteiger partial charge in [0.15, 0.2) is 0 Å². The lowest BCUT2D eigenvalue weighted by Gasteiger charge is -2.03. The Hall–Kier alpha value is -1.14. The van der Waals surface area contributed by atoms with Gasteiger partial charge >= 0.3 is 0 Å². The minimum absolute atomic E-state index is 0.425. The Morgan fingerprint density at radius 2 is 2.27 bits per heavy atom. The van der Waals surface area contributed by atoms with Gasteiger partial charge in [-0.05, 0) is 34.1 Å². The normalized spacial score (nSPS) is 9.73. The first-order chi connectivity index (χ1) is 6.99. The van der Waals surface area contributed by atoms with Gasteiger partial charge in [-0.2, -0.15) is 0 Å². The van der Waals surface area contributed by atoms with Crippen molar-refractivity contribution in [2.75, 3.05) is 11.9 Å². The minimum atomic E-state index is -0.756. The van der Waals surface area contributed by atoms with Crippen LogP contribution in [0.5, 0.6) is 0 Å². The maximum absolute atomic E-state index is 11.0. The summed E-state index contributed by atoms with van der Waals surface area (Å²) in [5.41, 5.74) is 0.426. The molecule has 0 saturated carbocycles. The van der Waals surface area contributed by atoms with E-state index in [2.05, 4.69) is 21.2 Å². The number of carbonyl (C=O) groups is 1. The van der Waals surface area contributed by atoms with Crippen molar-refractivity contribution >= 4 is 39.1 Å². The Balaban J connectivity index is 2.69. The van der Waals surface area contributed by atoms with E-state index in [0.29, 0.717) is 15.2 Å². The molecule has 5 nitrogen and oxygen atoms in total. The smallest absolute Gasteiger partial charge is 0.296 e. The Morgan fingerprint density at radius 3 is 2.80 bits per heavy atom. The molecule has 7 heteroatoms. The predicted octanol–water partition coefficient (Wildman–Crippen LogP) is 2.32. The van der Waals surface area contributed by atoms with Gasteiger partial charge in [0.1, 0.15) is 0 Å². The highest BCUT2D eigenvalue weighted by molar-refractivity contribution is 9.10. The highest BCUT2D eigenvalue weighted by atomic mass is 79.9. The summed E-state index contributed by atoms with van der Waals surface area (Å²) in [7, 11) is 0. The van der Waals surface area contributed by atoms with Gasteiger partial charge in [-0.25, -0.2) is 0 Å². The van der Waals surface area contributed by atoms with E-state index in [-0.39, 0.29) is 0 Å². The van der Waals surface area contributed by atoms with Crippen molar-refractivity contribution in [2.24, 2.45) is 0 Å². The molecule has 15 heavy (non-hydrogen) atoms. The predicted molar refractivity (Wildman–Crippen MR) is 59.6 cm³/mol. The topological polar surface area (TPSA) is 72.2 Å². The average molecular weight is 294 g/mol. The van der Waals surface area contributed by atoms with Crippen molar-refractivity contribution in [1.82, 2.24) is 0 Å². The molecule has 0 atom stereocenters. The largest absolute Gasteiger partial charge is 0.320 e.